The number of esters is 2. The summed E-state index contributed by atoms with van der Waals surface area (Å²) in [7, 11) is 0. The Hall–Kier alpha value is -1.06. The monoisotopic (exact) mass is 272 g/mol. The number of hydrogen-bond acceptors (Lipinski definition) is 4. The number of ether oxygens (including phenoxy) is 2. The molecule has 0 rings (SSSR count). The van der Waals surface area contributed by atoms with Crippen molar-refractivity contribution >= 4 is 11.9 Å². The van der Waals surface area contributed by atoms with Crippen LogP contribution in [0.1, 0.15) is 67.2 Å². The van der Waals surface area contributed by atoms with Crippen LogP contribution in [0.25, 0.3) is 0 Å². The first-order valence-electron chi connectivity index (χ1n) is 6.93. The van der Waals surface area contributed by atoms with Gasteiger partial charge >= 0.3 is 11.9 Å². The lowest BCUT2D eigenvalue weighted by Crippen LogP contribution is -2.27. The van der Waals surface area contributed by atoms with E-state index in [2.05, 4.69) is 0 Å². The maximum Gasteiger partial charge on any atom is 0.306 e. The van der Waals surface area contributed by atoms with E-state index in [0.29, 0.717) is 12.8 Å². The van der Waals surface area contributed by atoms with Gasteiger partial charge in [-0.2, -0.15) is 0 Å². The first-order valence-corrected chi connectivity index (χ1v) is 6.93. The second-order valence-electron chi connectivity index (χ2n) is 6.65. The zero-order valence-electron chi connectivity index (χ0n) is 13.2. The normalized spacial score (nSPS) is 12.1. The van der Waals surface area contributed by atoms with Crippen molar-refractivity contribution in [3.63, 3.8) is 0 Å². The molecule has 19 heavy (non-hydrogen) atoms. The Labute approximate surface area is 116 Å². The molecule has 0 aromatic carbocycles. The molecular formula is C15H28O4. The smallest absolute Gasteiger partial charge is 0.306 e. The molecule has 0 aromatic rings. The van der Waals surface area contributed by atoms with E-state index in [4.69, 9.17) is 9.47 Å². The fraction of sp³-hybridized carbons (Fsp3) is 0.867. The van der Waals surface area contributed by atoms with Gasteiger partial charge in [-0.25, -0.2) is 0 Å². The van der Waals surface area contributed by atoms with Crippen molar-refractivity contribution in [2.75, 3.05) is 6.61 Å². The van der Waals surface area contributed by atoms with Crippen molar-refractivity contribution in [3.05, 3.63) is 0 Å². The van der Waals surface area contributed by atoms with Crippen LogP contribution in [0.3, 0.4) is 0 Å². The molecule has 0 aliphatic carbocycles. The first-order chi connectivity index (χ1) is 8.56. The predicted molar refractivity (Wildman–Crippen MR) is 74.7 cm³/mol. The first kappa shape index (κ1) is 17.9. The van der Waals surface area contributed by atoms with E-state index < -0.39 is 5.60 Å². The lowest BCUT2D eigenvalue weighted by Gasteiger charge is -2.23. The third-order valence-electron chi connectivity index (χ3n) is 2.70. The van der Waals surface area contributed by atoms with Gasteiger partial charge in [-0.1, -0.05) is 27.7 Å². The molecule has 0 radical (unpaired) electrons. The summed E-state index contributed by atoms with van der Waals surface area (Å²) >= 11 is 0. The molecule has 0 fully saturated rings. The van der Waals surface area contributed by atoms with Gasteiger partial charge in [0.25, 0.3) is 0 Å². The Morgan fingerprint density at radius 1 is 1.00 bits per heavy atom. The Balaban J connectivity index is 3.76. The maximum atomic E-state index is 11.5. The molecule has 0 aliphatic rings. The largest absolute Gasteiger partial charge is 0.466 e. The Morgan fingerprint density at radius 2 is 1.58 bits per heavy atom. The molecule has 0 N–H and O–H groups in total. The average Bonchev–Trinajstić information content (AvgIpc) is 2.21. The van der Waals surface area contributed by atoms with Crippen LogP contribution in [-0.2, 0) is 19.1 Å². The van der Waals surface area contributed by atoms with Crippen molar-refractivity contribution < 1.29 is 19.1 Å². The Morgan fingerprint density at radius 3 is 2.05 bits per heavy atom. The van der Waals surface area contributed by atoms with Gasteiger partial charge in [-0.05, 0) is 32.1 Å². The zero-order valence-corrected chi connectivity index (χ0v) is 13.2. The third kappa shape index (κ3) is 10.5. The zero-order chi connectivity index (χ0) is 15.1. The third-order valence-corrected chi connectivity index (χ3v) is 2.70. The molecule has 0 spiro atoms. The molecule has 112 valence electrons. The SMILES string of the molecule is CCC(C)(C)OC(=O)CCCOC(=O)CC(C)(C)C. The minimum atomic E-state index is -0.417. The molecule has 0 saturated carbocycles. The summed E-state index contributed by atoms with van der Waals surface area (Å²) < 4.78 is 10.4. The second kappa shape index (κ2) is 7.51. The van der Waals surface area contributed by atoms with Gasteiger partial charge in [-0.15, -0.1) is 0 Å². The van der Waals surface area contributed by atoms with Crippen LogP contribution in [0.15, 0.2) is 0 Å². The lowest BCUT2D eigenvalue weighted by atomic mass is 9.92. The summed E-state index contributed by atoms with van der Waals surface area (Å²) in [5, 5.41) is 0. The number of rotatable bonds is 7. The Bertz CT molecular complexity index is 300. The molecule has 0 aliphatic heterocycles. The summed E-state index contributed by atoms with van der Waals surface area (Å²) in [5.74, 6) is -0.450. The van der Waals surface area contributed by atoms with E-state index in [0.717, 1.165) is 6.42 Å². The summed E-state index contributed by atoms with van der Waals surface area (Å²) in [6, 6.07) is 0. The predicted octanol–water partition coefficient (Wildman–Crippen LogP) is 3.48. The van der Waals surface area contributed by atoms with Gasteiger partial charge in [0.05, 0.1) is 13.0 Å². The molecular weight excluding hydrogens is 244 g/mol. The van der Waals surface area contributed by atoms with Gasteiger partial charge in [-0.3, -0.25) is 9.59 Å². The Kier molecular flexibility index (Phi) is 7.09. The van der Waals surface area contributed by atoms with Crippen LogP contribution in [0.2, 0.25) is 0 Å². The molecule has 0 saturated heterocycles. The van der Waals surface area contributed by atoms with E-state index in [-0.39, 0.29) is 30.4 Å². The number of carbonyl (C=O) groups is 2. The highest BCUT2D eigenvalue weighted by Gasteiger charge is 2.20. The minimum Gasteiger partial charge on any atom is -0.466 e. The molecule has 0 unspecified atom stereocenters. The summed E-state index contributed by atoms with van der Waals surface area (Å²) in [5.41, 5.74) is -0.485. The van der Waals surface area contributed by atoms with Gasteiger partial charge < -0.3 is 9.47 Å². The van der Waals surface area contributed by atoms with Gasteiger partial charge in [0, 0.05) is 6.42 Å². The molecule has 0 bridgehead atoms. The van der Waals surface area contributed by atoms with E-state index >= 15 is 0 Å². The van der Waals surface area contributed by atoms with Crippen LogP contribution in [0, 0.1) is 5.41 Å². The van der Waals surface area contributed by atoms with Crippen LogP contribution in [0.5, 0.6) is 0 Å². The summed E-state index contributed by atoms with van der Waals surface area (Å²) in [6.45, 7) is 12.0. The van der Waals surface area contributed by atoms with E-state index in [1.54, 1.807) is 0 Å². The highest BCUT2D eigenvalue weighted by Crippen LogP contribution is 2.19. The number of carbonyl (C=O) groups excluding carboxylic acids is 2. The van der Waals surface area contributed by atoms with E-state index in [9.17, 15) is 9.59 Å². The molecule has 0 heterocycles. The van der Waals surface area contributed by atoms with Crippen LogP contribution in [-0.4, -0.2) is 24.1 Å². The summed E-state index contributed by atoms with van der Waals surface area (Å²) in [6.07, 6.45) is 1.96. The average molecular weight is 272 g/mol. The minimum absolute atomic E-state index is 0.0683. The van der Waals surface area contributed by atoms with Crippen molar-refractivity contribution in [3.8, 4) is 0 Å². The van der Waals surface area contributed by atoms with Crippen molar-refractivity contribution in [1.82, 2.24) is 0 Å². The van der Waals surface area contributed by atoms with Crippen LogP contribution in [0.4, 0.5) is 0 Å². The van der Waals surface area contributed by atoms with Crippen molar-refractivity contribution in [1.29, 1.82) is 0 Å². The molecule has 4 heteroatoms. The maximum absolute atomic E-state index is 11.5. The van der Waals surface area contributed by atoms with Crippen molar-refractivity contribution in [2.45, 2.75) is 72.8 Å². The van der Waals surface area contributed by atoms with E-state index in [1.807, 2.05) is 41.5 Å². The highest BCUT2D eigenvalue weighted by molar-refractivity contribution is 5.71. The standard InChI is InChI=1S/C15H28O4/c1-7-15(5,6)19-12(16)9-8-10-18-13(17)11-14(2,3)4/h7-11H2,1-6H3. The molecule has 4 nitrogen and oxygen atoms in total. The topological polar surface area (TPSA) is 52.6 Å². The molecule has 0 amide bonds. The fourth-order valence-electron chi connectivity index (χ4n) is 1.32. The highest BCUT2D eigenvalue weighted by atomic mass is 16.6. The summed E-state index contributed by atoms with van der Waals surface area (Å²) in [4.78, 5) is 23.0. The second-order valence-corrected chi connectivity index (χ2v) is 6.65. The van der Waals surface area contributed by atoms with Crippen LogP contribution >= 0.6 is 0 Å². The van der Waals surface area contributed by atoms with Gasteiger partial charge in [0.1, 0.15) is 5.60 Å². The molecule has 0 aromatic heterocycles. The van der Waals surface area contributed by atoms with Crippen molar-refractivity contribution in [2.24, 2.45) is 5.41 Å². The quantitative estimate of drug-likeness (QED) is 0.526. The van der Waals surface area contributed by atoms with E-state index in [1.165, 1.54) is 0 Å². The number of hydrogen-bond donors (Lipinski definition) is 0. The van der Waals surface area contributed by atoms with Gasteiger partial charge in [0.15, 0.2) is 0 Å². The van der Waals surface area contributed by atoms with Crippen LogP contribution < -0.4 is 0 Å². The van der Waals surface area contributed by atoms with Gasteiger partial charge in [0.2, 0.25) is 0 Å². The molecule has 0 atom stereocenters. The fourth-order valence-corrected chi connectivity index (χ4v) is 1.32. The lowest BCUT2D eigenvalue weighted by molar-refractivity contribution is -0.158.